The lowest BCUT2D eigenvalue weighted by molar-refractivity contribution is -0.123. The molecule has 0 aliphatic heterocycles. The van der Waals surface area contributed by atoms with Crippen LogP contribution < -0.4 is 5.32 Å². The van der Waals surface area contributed by atoms with Gasteiger partial charge in [-0.05, 0) is 23.6 Å². The summed E-state index contributed by atoms with van der Waals surface area (Å²) < 4.78 is 1.78. The summed E-state index contributed by atoms with van der Waals surface area (Å²) in [4.78, 5) is 13.4. The van der Waals surface area contributed by atoms with Gasteiger partial charge in [0.05, 0.1) is 10.6 Å². The van der Waals surface area contributed by atoms with Crippen LogP contribution in [0.3, 0.4) is 0 Å². The zero-order valence-corrected chi connectivity index (χ0v) is 14.2. The van der Waals surface area contributed by atoms with Crippen LogP contribution in [0, 0.1) is 5.41 Å². The summed E-state index contributed by atoms with van der Waals surface area (Å²) in [6, 6.07) is 15.7. The number of aromatic nitrogens is 2. The largest absolute Gasteiger partial charge is 0.310 e. The van der Waals surface area contributed by atoms with E-state index in [0.29, 0.717) is 5.82 Å². The summed E-state index contributed by atoms with van der Waals surface area (Å²) >= 11 is 1.63. The number of para-hydroxylation sites is 1. The SMILES string of the molecule is CC(C)(C)C(=O)Nc1cc(-c2cccs2)nn1-c1ccccc1. The van der Waals surface area contributed by atoms with Crippen molar-refractivity contribution in [1.29, 1.82) is 0 Å². The average molecular weight is 325 g/mol. The fourth-order valence-corrected chi connectivity index (χ4v) is 2.77. The number of thiophene rings is 1. The first-order valence-corrected chi connectivity index (χ1v) is 8.34. The van der Waals surface area contributed by atoms with E-state index in [-0.39, 0.29) is 5.91 Å². The molecule has 3 rings (SSSR count). The summed E-state index contributed by atoms with van der Waals surface area (Å²) in [7, 11) is 0. The van der Waals surface area contributed by atoms with Gasteiger partial charge in [-0.3, -0.25) is 4.79 Å². The molecule has 0 saturated carbocycles. The number of nitrogens with one attached hydrogen (secondary N) is 1. The number of nitrogens with zero attached hydrogens (tertiary/aromatic N) is 2. The smallest absolute Gasteiger partial charge is 0.230 e. The Morgan fingerprint density at radius 3 is 2.48 bits per heavy atom. The summed E-state index contributed by atoms with van der Waals surface area (Å²) in [5.74, 6) is 0.645. The molecular formula is C18H19N3OS. The highest BCUT2D eigenvalue weighted by atomic mass is 32.1. The summed E-state index contributed by atoms with van der Waals surface area (Å²) in [5, 5.41) is 9.69. The first-order valence-electron chi connectivity index (χ1n) is 7.46. The minimum Gasteiger partial charge on any atom is -0.310 e. The minimum atomic E-state index is -0.463. The molecule has 0 bridgehead atoms. The number of benzene rings is 1. The van der Waals surface area contributed by atoms with Gasteiger partial charge in [0.2, 0.25) is 5.91 Å². The van der Waals surface area contributed by atoms with Gasteiger partial charge < -0.3 is 5.32 Å². The molecule has 4 nitrogen and oxygen atoms in total. The third kappa shape index (κ3) is 3.35. The van der Waals surface area contributed by atoms with E-state index < -0.39 is 5.41 Å². The van der Waals surface area contributed by atoms with Crippen molar-refractivity contribution in [2.75, 3.05) is 5.32 Å². The number of carbonyl (C=O) groups excluding carboxylic acids is 1. The van der Waals surface area contributed by atoms with Gasteiger partial charge in [0.15, 0.2) is 0 Å². The molecule has 1 aromatic carbocycles. The lowest BCUT2D eigenvalue weighted by atomic mass is 9.96. The second-order valence-electron chi connectivity index (χ2n) is 6.34. The molecule has 2 aromatic heterocycles. The molecule has 23 heavy (non-hydrogen) atoms. The molecule has 0 spiro atoms. The van der Waals surface area contributed by atoms with Crippen molar-refractivity contribution < 1.29 is 4.79 Å². The highest BCUT2D eigenvalue weighted by molar-refractivity contribution is 7.13. The molecule has 0 fully saturated rings. The Morgan fingerprint density at radius 2 is 1.87 bits per heavy atom. The molecule has 5 heteroatoms. The molecule has 1 amide bonds. The van der Waals surface area contributed by atoms with Crippen LogP contribution >= 0.6 is 11.3 Å². The summed E-state index contributed by atoms with van der Waals surface area (Å²) in [5.41, 5.74) is 1.31. The van der Waals surface area contributed by atoms with Crippen molar-refractivity contribution in [1.82, 2.24) is 9.78 Å². The van der Waals surface area contributed by atoms with Crippen molar-refractivity contribution in [2.24, 2.45) is 5.41 Å². The number of hydrogen-bond donors (Lipinski definition) is 1. The van der Waals surface area contributed by atoms with Gasteiger partial charge in [-0.1, -0.05) is 45.0 Å². The lowest BCUT2D eigenvalue weighted by Gasteiger charge is -2.18. The van der Waals surface area contributed by atoms with Crippen LogP contribution in [0.25, 0.3) is 16.3 Å². The molecule has 2 heterocycles. The normalized spacial score (nSPS) is 11.4. The third-order valence-electron chi connectivity index (χ3n) is 3.41. The fraction of sp³-hybridized carbons (Fsp3) is 0.222. The quantitative estimate of drug-likeness (QED) is 0.766. The zero-order valence-electron chi connectivity index (χ0n) is 13.4. The topological polar surface area (TPSA) is 46.9 Å². The first-order chi connectivity index (χ1) is 10.9. The van der Waals surface area contributed by atoms with Crippen molar-refractivity contribution in [2.45, 2.75) is 20.8 Å². The van der Waals surface area contributed by atoms with Gasteiger partial charge in [-0.15, -0.1) is 11.3 Å². The molecule has 0 unspecified atom stereocenters. The molecule has 0 aliphatic carbocycles. The van der Waals surface area contributed by atoms with Crippen molar-refractivity contribution in [3.05, 3.63) is 53.9 Å². The predicted octanol–water partition coefficient (Wildman–Crippen LogP) is 4.59. The zero-order chi connectivity index (χ0) is 16.4. The van der Waals surface area contributed by atoms with Gasteiger partial charge in [0, 0.05) is 11.5 Å². The van der Waals surface area contributed by atoms with E-state index in [0.717, 1.165) is 16.3 Å². The van der Waals surface area contributed by atoms with E-state index >= 15 is 0 Å². The average Bonchev–Trinajstić information content (AvgIpc) is 3.16. The Morgan fingerprint density at radius 1 is 1.13 bits per heavy atom. The fourth-order valence-electron chi connectivity index (χ4n) is 2.08. The Balaban J connectivity index is 2.04. The van der Waals surface area contributed by atoms with Gasteiger partial charge in [0.25, 0.3) is 0 Å². The molecule has 118 valence electrons. The van der Waals surface area contributed by atoms with Crippen LogP contribution in [0.1, 0.15) is 20.8 Å². The Kier molecular flexibility index (Phi) is 4.05. The summed E-state index contributed by atoms with van der Waals surface area (Å²) in [6.45, 7) is 5.68. The van der Waals surface area contributed by atoms with E-state index in [1.165, 1.54) is 0 Å². The minimum absolute atomic E-state index is 0.0349. The predicted molar refractivity (Wildman–Crippen MR) is 95.0 cm³/mol. The molecule has 0 saturated heterocycles. The van der Waals surface area contributed by atoms with Crippen LogP contribution in [0.5, 0.6) is 0 Å². The van der Waals surface area contributed by atoms with Gasteiger partial charge >= 0.3 is 0 Å². The number of hydrogen-bond acceptors (Lipinski definition) is 3. The molecular weight excluding hydrogens is 306 g/mol. The maximum absolute atomic E-state index is 12.4. The Labute approximate surface area is 139 Å². The second-order valence-corrected chi connectivity index (χ2v) is 7.29. The number of rotatable bonds is 3. The summed E-state index contributed by atoms with van der Waals surface area (Å²) in [6.07, 6.45) is 0. The molecule has 0 aliphatic rings. The number of carbonyl (C=O) groups is 1. The van der Waals surface area contributed by atoms with Gasteiger partial charge in [0.1, 0.15) is 11.5 Å². The van der Waals surface area contributed by atoms with Crippen LogP contribution in [0.2, 0.25) is 0 Å². The maximum atomic E-state index is 12.4. The van der Waals surface area contributed by atoms with Crippen LogP contribution in [-0.2, 0) is 4.79 Å². The molecule has 0 radical (unpaired) electrons. The highest BCUT2D eigenvalue weighted by Crippen LogP contribution is 2.29. The van der Waals surface area contributed by atoms with Crippen LogP contribution in [0.4, 0.5) is 5.82 Å². The van der Waals surface area contributed by atoms with E-state index in [1.807, 2.05) is 74.7 Å². The van der Waals surface area contributed by atoms with E-state index in [9.17, 15) is 4.79 Å². The van der Waals surface area contributed by atoms with Gasteiger partial charge in [-0.2, -0.15) is 5.10 Å². The second kappa shape index (κ2) is 6.01. The Bertz CT molecular complexity index is 799. The number of amides is 1. The van der Waals surface area contributed by atoms with E-state index in [4.69, 9.17) is 0 Å². The standard InChI is InChI=1S/C18H19N3OS/c1-18(2,3)17(22)19-16-12-14(15-10-7-11-23-15)20-21(16)13-8-5-4-6-9-13/h4-12H,1-3H3,(H,19,22). The monoisotopic (exact) mass is 325 g/mol. The third-order valence-corrected chi connectivity index (χ3v) is 4.30. The maximum Gasteiger partial charge on any atom is 0.230 e. The molecule has 3 aromatic rings. The number of anilines is 1. The van der Waals surface area contributed by atoms with E-state index in [1.54, 1.807) is 16.0 Å². The Hall–Kier alpha value is -2.40. The van der Waals surface area contributed by atoms with Crippen molar-refractivity contribution >= 4 is 23.1 Å². The van der Waals surface area contributed by atoms with Crippen molar-refractivity contribution in [3.63, 3.8) is 0 Å². The molecule has 1 N–H and O–H groups in total. The van der Waals surface area contributed by atoms with Crippen LogP contribution in [0.15, 0.2) is 53.9 Å². The first kappa shape index (κ1) is 15.5. The molecule has 0 atom stereocenters. The lowest BCUT2D eigenvalue weighted by Crippen LogP contribution is -2.28. The van der Waals surface area contributed by atoms with E-state index in [2.05, 4.69) is 10.4 Å². The highest BCUT2D eigenvalue weighted by Gasteiger charge is 2.23. The van der Waals surface area contributed by atoms with Crippen LogP contribution in [-0.4, -0.2) is 15.7 Å². The van der Waals surface area contributed by atoms with Gasteiger partial charge in [-0.25, -0.2) is 4.68 Å². The van der Waals surface area contributed by atoms with Crippen molar-refractivity contribution in [3.8, 4) is 16.3 Å².